The average molecular weight is 394 g/mol. The minimum absolute atomic E-state index is 0.0410. The van der Waals surface area contributed by atoms with Gasteiger partial charge in [-0.05, 0) is 31.5 Å². The average Bonchev–Trinajstić information content (AvgIpc) is 2.99. The lowest BCUT2D eigenvalue weighted by Gasteiger charge is -2.18. The summed E-state index contributed by atoms with van der Waals surface area (Å²) in [4.78, 5) is 11.7. The van der Waals surface area contributed by atoms with E-state index in [0.29, 0.717) is 26.1 Å². The summed E-state index contributed by atoms with van der Waals surface area (Å²) in [7, 11) is 0. The third kappa shape index (κ3) is 4.66. The summed E-state index contributed by atoms with van der Waals surface area (Å²) in [5.74, 6) is -0.866. The molecule has 0 aliphatic carbocycles. The van der Waals surface area contributed by atoms with Crippen LogP contribution in [-0.2, 0) is 19.5 Å². The number of hydrogen-bond donors (Lipinski definition) is 3. The van der Waals surface area contributed by atoms with Crippen LogP contribution in [0.2, 0.25) is 0 Å². The van der Waals surface area contributed by atoms with Crippen LogP contribution >= 0.6 is 0 Å². The second-order valence-corrected chi connectivity index (χ2v) is 6.91. The lowest BCUT2D eigenvalue weighted by Crippen LogP contribution is -2.33. The second-order valence-electron chi connectivity index (χ2n) is 6.91. The first-order valence-corrected chi connectivity index (χ1v) is 9.18. The Balaban J connectivity index is 1.61. The van der Waals surface area contributed by atoms with Gasteiger partial charge in [0, 0.05) is 37.2 Å². The molecule has 9 heteroatoms. The molecule has 0 saturated carbocycles. The van der Waals surface area contributed by atoms with Gasteiger partial charge in [0.1, 0.15) is 5.75 Å². The van der Waals surface area contributed by atoms with Crippen molar-refractivity contribution >= 4 is 5.97 Å². The van der Waals surface area contributed by atoms with E-state index in [0.717, 1.165) is 16.8 Å². The van der Waals surface area contributed by atoms with Crippen LogP contribution in [0, 0.1) is 0 Å². The number of ether oxygens (including phenoxy) is 1. The zero-order valence-electron chi connectivity index (χ0n) is 15.8. The van der Waals surface area contributed by atoms with Crippen molar-refractivity contribution in [3.05, 3.63) is 46.8 Å². The standard InChI is InChI=1S/C19H24F2N4O3/c1-11-9-16-15(10-23-11)17(18(26)27)25(24-16)8-7-22-12(2)13-3-5-14(6-4-13)28-19(20)21/h3-6,11-12,19,22-23H,7-10H2,1-2H3,(H,26,27)/t11-,12?/m1/s1. The van der Waals surface area contributed by atoms with Crippen molar-refractivity contribution in [2.45, 2.75) is 52.1 Å². The molecule has 1 aliphatic rings. The Hall–Kier alpha value is -2.52. The van der Waals surface area contributed by atoms with E-state index in [9.17, 15) is 18.7 Å². The number of carboxylic acids is 1. The van der Waals surface area contributed by atoms with Crippen molar-refractivity contribution in [2.24, 2.45) is 0 Å². The highest BCUT2D eigenvalue weighted by atomic mass is 19.3. The molecule has 1 aromatic heterocycles. The van der Waals surface area contributed by atoms with Gasteiger partial charge in [0.05, 0.1) is 12.2 Å². The van der Waals surface area contributed by atoms with E-state index in [1.807, 2.05) is 13.8 Å². The van der Waals surface area contributed by atoms with Gasteiger partial charge in [0.2, 0.25) is 0 Å². The van der Waals surface area contributed by atoms with Crippen molar-refractivity contribution in [3.8, 4) is 5.75 Å². The molecule has 28 heavy (non-hydrogen) atoms. The van der Waals surface area contributed by atoms with E-state index >= 15 is 0 Å². The summed E-state index contributed by atoms with van der Waals surface area (Å²) in [6.45, 7) is 2.59. The summed E-state index contributed by atoms with van der Waals surface area (Å²) in [5.41, 5.74) is 2.75. The molecular weight excluding hydrogens is 370 g/mol. The number of hydrogen-bond acceptors (Lipinski definition) is 5. The van der Waals surface area contributed by atoms with Crippen LogP contribution in [0.4, 0.5) is 8.78 Å². The van der Waals surface area contributed by atoms with Crippen LogP contribution in [-0.4, -0.2) is 40.1 Å². The van der Waals surface area contributed by atoms with Gasteiger partial charge in [-0.15, -0.1) is 0 Å². The fourth-order valence-electron chi connectivity index (χ4n) is 3.38. The van der Waals surface area contributed by atoms with Gasteiger partial charge < -0.3 is 20.5 Å². The monoisotopic (exact) mass is 394 g/mol. The smallest absolute Gasteiger partial charge is 0.387 e. The number of carboxylic acid groups (broad SMARTS) is 1. The number of benzene rings is 1. The summed E-state index contributed by atoms with van der Waals surface area (Å²) in [6, 6.07) is 6.67. The number of aromatic nitrogens is 2. The third-order valence-corrected chi connectivity index (χ3v) is 4.84. The third-order valence-electron chi connectivity index (χ3n) is 4.84. The molecule has 3 rings (SSSR count). The first-order valence-electron chi connectivity index (χ1n) is 9.18. The molecule has 0 bridgehead atoms. The van der Waals surface area contributed by atoms with E-state index in [4.69, 9.17) is 0 Å². The van der Waals surface area contributed by atoms with Crippen LogP contribution in [0.25, 0.3) is 0 Å². The largest absolute Gasteiger partial charge is 0.477 e. The minimum atomic E-state index is -2.84. The van der Waals surface area contributed by atoms with Gasteiger partial charge in [-0.3, -0.25) is 4.68 Å². The number of nitrogens with one attached hydrogen (secondary N) is 2. The molecule has 2 atom stereocenters. The maximum atomic E-state index is 12.2. The maximum Gasteiger partial charge on any atom is 0.387 e. The van der Waals surface area contributed by atoms with Crippen molar-refractivity contribution in [2.75, 3.05) is 6.54 Å². The summed E-state index contributed by atoms with van der Waals surface area (Å²) in [5, 5.41) is 20.7. The Kier molecular flexibility index (Phi) is 6.25. The number of rotatable bonds is 8. The number of halogens is 2. The molecule has 3 N–H and O–H groups in total. The number of nitrogens with zero attached hydrogens (tertiary/aromatic N) is 2. The quantitative estimate of drug-likeness (QED) is 0.638. The van der Waals surface area contributed by atoms with E-state index < -0.39 is 12.6 Å². The molecule has 7 nitrogen and oxygen atoms in total. The number of alkyl halides is 2. The second kappa shape index (κ2) is 8.66. The molecule has 0 radical (unpaired) electrons. The molecule has 1 aliphatic heterocycles. The molecule has 0 saturated heterocycles. The highest BCUT2D eigenvalue weighted by Gasteiger charge is 2.27. The lowest BCUT2D eigenvalue weighted by molar-refractivity contribution is -0.0498. The van der Waals surface area contributed by atoms with Crippen LogP contribution < -0.4 is 15.4 Å². The highest BCUT2D eigenvalue weighted by Crippen LogP contribution is 2.21. The van der Waals surface area contributed by atoms with E-state index in [2.05, 4.69) is 20.5 Å². The fourth-order valence-corrected chi connectivity index (χ4v) is 3.38. The van der Waals surface area contributed by atoms with Gasteiger partial charge in [-0.1, -0.05) is 12.1 Å². The normalized spacial score (nSPS) is 17.4. The molecule has 0 fully saturated rings. The van der Waals surface area contributed by atoms with Crippen molar-refractivity contribution in [3.63, 3.8) is 0 Å². The first kappa shape index (κ1) is 20.2. The summed E-state index contributed by atoms with van der Waals surface area (Å²) >= 11 is 0. The zero-order valence-corrected chi connectivity index (χ0v) is 15.8. The highest BCUT2D eigenvalue weighted by molar-refractivity contribution is 5.87. The minimum Gasteiger partial charge on any atom is -0.477 e. The van der Waals surface area contributed by atoms with E-state index in [-0.39, 0.29) is 23.5 Å². The first-order chi connectivity index (χ1) is 13.3. The molecule has 1 unspecified atom stereocenters. The lowest BCUT2D eigenvalue weighted by atomic mass is 10.0. The topological polar surface area (TPSA) is 88.4 Å². The van der Waals surface area contributed by atoms with Crippen LogP contribution in [0.5, 0.6) is 5.75 Å². The number of fused-ring (bicyclic) bond motifs is 1. The maximum absolute atomic E-state index is 12.2. The molecule has 1 aromatic carbocycles. The molecule has 2 aromatic rings. The van der Waals surface area contributed by atoms with Crippen LogP contribution in [0.15, 0.2) is 24.3 Å². The van der Waals surface area contributed by atoms with Gasteiger partial charge in [0.15, 0.2) is 5.69 Å². The SMILES string of the molecule is CC(NCCn1nc2c(c1C(=O)O)CN[C@H](C)C2)c1ccc(OC(F)F)cc1. The molecule has 152 valence electrons. The number of aromatic carboxylic acids is 1. The Morgan fingerprint density at radius 1 is 1.43 bits per heavy atom. The Morgan fingerprint density at radius 2 is 2.14 bits per heavy atom. The van der Waals surface area contributed by atoms with Gasteiger partial charge in [0.25, 0.3) is 0 Å². The van der Waals surface area contributed by atoms with Crippen molar-refractivity contribution < 1.29 is 23.4 Å². The molecule has 0 amide bonds. The predicted molar refractivity (Wildman–Crippen MR) is 98.7 cm³/mol. The Labute approximate surface area is 161 Å². The Bertz CT molecular complexity index is 823. The van der Waals surface area contributed by atoms with E-state index in [1.165, 1.54) is 12.1 Å². The van der Waals surface area contributed by atoms with Crippen molar-refractivity contribution in [1.82, 2.24) is 20.4 Å². The molecular formula is C19H24F2N4O3. The fraction of sp³-hybridized carbons (Fsp3) is 0.474. The summed E-state index contributed by atoms with van der Waals surface area (Å²) < 4.78 is 30.3. The van der Waals surface area contributed by atoms with Gasteiger partial charge in [-0.2, -0.15) is 13.9 Å². The van der Waals surface area contributed by atoms with Gasteiger partial charge >= 0.3 is 12.6 Å². The van der Waals surface area contributed by atoms with Gasteiger partial charge in [-0.25, -0.2) is 4.79 Å². The Morgan fingerprint density at radius 3 is 2.79 bits per heavy atom. The molecule has 2 heterocycles. The van der Waals surface area contributed by atoms with Crippen LogP contribution in [0.1, 0.15) is 47.2 Å². The van der Waals surface area contributed by atoms with E-state index in [1.54, 1.807) is 16.8 Å². The van der Waals surface area contributed by atoms with Crippen molar-refractivity contribution in [1.29, 1.82) is 0 Å². The predicted octanol–water partition coefficient (Wildman–Crippen LogP) is 2.57. The van der Waals surface area contributed by atoms with Crippen LogP contribution in [0.3, 0.4) is 0 Å². The summed E-state index contributed by atoms with van der Waals surface area (Å²) in [6.07, 6.45) is 0.708. The zero-order chi connectivity index (χ0) is 20.3. The number of carbonyl (C=O) groups is 1. The molecule has 0 spiro atoms.